The second-order valence-electron chi connectivity index (χ2n) is 11.9. The molecule has 0 radical (unpaired) electrons. The molecule has 5 aliphatic rings. The molecule has 5 nitrogen and oxygen atoms in total. The smallest absolute Gasteiger partial charge is 0.309 e. The lowest BCUT2D eigenvalue weighted by molar-refractivity contribution is -0.183. The second-order valence-corrected chi connectivity index (χ2v) is 11.9. The standard InChI is InChI=1S/C26H36N2O3/c1-24(2,3)20-6-4-5-7-21(20)27-8-10-28(11-9-27)22(29)25-13-18-12-19(14-25)16-26(15-18,17-25)23(30)31/h4-7,18-19H,8-17H2,1-3H3,(H,30,31). The Morgan fingerprint density at radius 2 is 1.52 bits per heavy atom. The number of carboxylic acid groups (broad SMARTS) is 1. The lowest BCUT2D eigenvalue weighted by Crippen LogP contribution is -2.62. The molecule has 1 heterocycles. The van der Waals surface area contributed by atoms with Crippen LogP contribution in [0.4, 0.5) is 5.69 Å². The van der Waals surface area contributed by atoms with Crippen molar-refractivity contribution in [1.82, 2.24) is 4.90 Å². The highest BCUT2D eigenvalue weighted by molar-refractivity contribution is 5.86. The molecule has 1 aromatic carbocycles. The summed E-state index contributed by atoms with van der Waals surface area (Å²) >= 11 is 0. The van der Waals surface area contributed by atoms with E-state index in [1.165, 1.54) is 11.3 Å². The molecule has 0 aromatic heterocycles. The number of carbonyl (C=O) groups excluding carboxylic acids is 1. The highest BCUT2D eigenvalue weighted by Crippen LogP contribution is 2.65. The van der Waals surface area contributed by atoms with Gasteiger partial charge in [-0.05, 0) is 67.4 Å². The Kier molecular flexibility index (Phi) is 4.69. The Balaban J connectivity index is 1.32. The van der Waals surface area contributed by atoms with E-state index >= 15 is 0 Å². The number of carbonyl (C=O) groups is 2. The van der Waals surface area contributed by atoms with Crippen molar-refractivity contribution >= 4 is 17.6 Å². The maximum Gasteiger partial charge on any atom is 0.309 e. The fourth-order valence-corrected chi connectivity index (χ4v) is 7.63. The van der Waals surface area contributed by atoms with E-state index in [0.29, 0.717) is 18.3 Å². The van der Waals surface area contributed by atoms with Crippen LogP contribution in [0.15, 0.2) is 24.3 Å². The summed E-state index contributed by atoms with van der Waals surface area (Å²) in [5, 5.41) is 10.0. The first-order valence-electron chi connectivity index (χ1n) is 12.0. The van der Waals surface area contributed by atoms with Crippen LogP contribution in [-0.2, 0) is 15.0 Å². The van der Waals surface area contributed by atoms with Gasteiger partial charge >= 0.3 is 5.97 Å². The van der Waals surface area contributed by atoms with Gasteiger partial charge < -0.3 is 14.9 Å². The van der Waals surface area contributed by atoms with Crippen molar-refractivity contribution in [3.8, 4) is 0 Å². The van der Waals surface area contributed by atoms with Crippen LogP contribution in [0.3, 0.4) is 0 Å². The molecular weight excluding hydrogens is 388 g/mol. The zero-order valence-corrected chi connectivity index (χ0v) is 19.2. The first-order chi connectivity index (χ1) is 14.6. The summed E-state index contributed by atoms with van der Waals surface area (Å²) in [6, 6.07) is 8.62. The number of para-hydroxylation sites is 1. The van der Waals surface area contributed by atoms with Gasteiger partial charge in [0.25, 0.3) is 0 Å². The Morgan fingerprint density at radius 1 is 0.935 bits per heavy atom. The van der Waals surface area contributed by atoms with Crippen LogP contribution >= 0.6 is 0 Å². The predicted octanol–water partition coefficient (Wildman–Crippen LogP) is 4.30. The number of hydrogen-bond acceptors (Lipinski definition) is 3. The summed E-state index contributed by atoms with van der Waals surface area (Å²) < 4.78 is 0. The SMILES string of the molecule is CC(C)(C)c1ccccc1N1CCN(C(=O)C23CC4CC(CC(C(=O)O)(C4)C2)C3)CC1. The Bertz CT molecular complexity index is 880. The molecule has 4 bridgehead atoms. The van der Waals surface area contributed by atoms with Gasteiger partial charge in [0.2, 0.25) is 5.91 Å². The molecule has 1 amide bonds. The van der Waals surface area contributed by atoms with Gasteiger partial charge in [0, 0.05) is 31.9 Å². The quantitative estimate of drug-likeness (QED) is 0.786. The van der Waals surface area contributed by atoms with E-state index in [9.17, 15) is 14.7 Å². The van der Waals surface area contributed by atoms with Gasteiger partial charge in [-0.15, -0.1) is 0 Å². The molecule has 5 heteroatoms. The predicted molar refractivity (Wildman–Crippen MR) is 121 cm³/mol. The third-order valence-electron chi connectivity index (χ3n) is 8.59. The van der Waals surface area contributed by atoms with Crippen molar-refractivity contribution in [3.05, 3.63) is 29.8 Å². The highest BCUT2D eigenvalue weighted by atomic mass is 16.4. The molecule has 1 aromatic rings. The molecule has 0 spiro atoms. The minimum absolute atomic E-state index is 0.0773. The molecule has 1 aliphatic heterocycles. The number of aliphatic carboxylic acids is 1. The topological polar surface area (TPSA) is 60.9 Å². The van der Waals surface area contributed by atoms with E-state index in [1.54, 1.807) is 0 Å². The Labute approximate surface area is 185 Å². The van der Waals surface area contributed by atoms with E-state index in [4.69, 9.17) is 0 Å². The fraction of sp³-hybridized carbons (Fsp3) is 0.692. The van der Waals surface area contributed by atoms with Crippen LogP contribution in [0.5, 0.6) is 0 Å². The molecule has 4 aliphatic carbocycles. The summed E-state index contributed by atoms with van der Waals surface area (Å²) in [6.07, 6.45) is 5.07. The fourth-order valence-electron chi connectivity index (χ4n) is 7.63. The Hall–Kier alpha value is -2.04. The summed E-state index contributed by atoms with van der Waals surface area (Å²) in [6.45, 7) is 9.88. The number of hydrogen-bond donors (Lipinski definition) is 1. The van der Waals surface area contributed by atoms with Crippen molar-refractivity contribution in [2.75, 3.05) is 31.1 Å². The molecule has 2 unspecified atom stereocenters. The van der Waals surface area contributed by atoms with Crippen molar-refractivity contribution in [2.45, 2.75) is 64.7 Å². The van der Waals surface area contributed by atoms with E-state index < -0.39 is 16.8 Å². The molecule has 1 saturated heterocycles. The van der Waals surface area contributed by atoms with Crippen LogP contribution < -0.4 is 4.90 Å². The largest absolute Gasteiger partial charge is 0.481 e. The summed E-state index contributed by atoms with van der Waals surface area (Å²) in [5.74, 6) is 0.417. The normalized spacial score (nSPS) is 34.8. The van der Waals surface area contributed by atoms with Crippen LogP contribution in [0.1, 0.15) is 64.9 Å². The van der Waals surface area contributed by atoms with Crippen LogP contribution in [0.25, 0.3) is 0 Å². The van der Waals surface area contributed by atoms with Gasteiger partial charge in [-0.1, -0.05) is 39.0 Å². The number of amides is 1. The average molecular weight is 425 g/mol. The summed E-state index contributed by atoms with van der Waals surface area (Å²) in [5.41, 5.74) is 1.63. The highest BCUT2D eigenvalue weighted by Gasteiger charge is 2.63. The van der Waals surface area contributed by atoms with Crippen molar-refractivity contribution in [1.29, 1.82) is 0 Å². The van der Waals surface area contributed by atoms with E-state index in [1.807, 2.05) is 0 Å². The van der Waals surface area contributed by atoms with Gasteiger partial charge in [-0.25, -0.2) is 0 Å². The Morgan fingerprint density at radius 3 is 2.10 bits per heavy atom. The third kappa shape index (κ3) is 3.35. The van der Waals surface area contributed by atoms with Crippen molar-refractivity contribution in [3.63, 3.8) is 0 Å². The molecule has 6 rings (SSSR count). The van der Waals surface area contributed by atoms with Gasteiger partial charge in [-0.3, -0.25) is 9.59 Å². The molecular formula is C26H36N2O3. The maximum atomic E-state index is 13.8. The van der Waals surface area contributed by atoms with Gasteiger partial charge in [0.05, 0.1) is 10.8 Å². The number of anilines is 1. The first-order valence-corrected chi connectivity index (χ1v) is 12.0. The van der Waals surface area contributed by atoms with Crippen LogP contribution in [-0.4, -0.2) is 48.1 Å². The zero-order valence-electron chi connectivity index (χ0n) is 19.2. The summed E-state index contributed by atoms with van der Waals surface area (Å²) in [7, 11) is 0. The van der Waals surface area contributed by atoms with Crippen LogP contribution in [0.2, 0.25) is 0 Å². The number of nitrogens with zero attached hydrogens (tertiary/aromatic N) is 2. The number of piperazine rings is 1. The number of rotatable bonds is 3. The molecule has 2 atom stereocenters. The number of carboxylic acids is 1. The molecule has 4 saturated carbocycles. The van der Waals surface area contributed by atoms with E-state index in [-0.39, 0.29) is 11.3 Å². The lowest BCUT2D eigenvalue weighted by Gasteiger charge is -2.60. The van der Waals surface area contributed by atoms with Gasteiger partial charge in [0.1, 0.15) is 0 Å². The minimum atomic E-state index is -0.664. The first kappa shape index (κ1) is 20.8. The molecule has 31 heavy (non-hydrogen) atoms. The lowest BCUT2D eigenvalue weighted by atomic mass is 9.44. The van der Waals surface area contributed by atoms with Gasteiger partial charge in [0.15, 0.2) is 0 Å². The monoisotopic (exact) mass is 424 g/mol. The molecule has 5 fully saturated rings. The van der Waals surface area contributed by atoms with Crippen molar-refractivity contribution in [2.24, 2.45) is 22.7 Å². The van der Waals surface area contributed by atoms with E-state index in [2.05, 4.69) is 54.8 Å². The number of benzene rings is 1. The second kappa shape index (κ2) is 6.98. The van der Waals surface area contributed by atoms with Crippen molar-refractivity contribution < 1.29 is 14.7 Å². The molecule has 168 valence electrons. The third-order valence-corrected chi connectivity index (χ3v) is 8.59. The minimum Gasteiger partial charge on any atom is -0.481 e. The summed E-state index contributed by atoms with van der Waals surface area (Å²) in [4.78, 5) is 30.4. The maximum absolute atomic E-state index is 13.8. The van der Waals surface area contributed by atoms with E-state index in [0.717, 1.165) is 58.3 Å². The van der Waals surface area contributed by atoms with Crippen LogP contribution in [0, 0.1) is 22.7 Å². The average Bonchev–Trinajstić information content (AvgIpc) is 2.72. The molecule has 1 N–H and O–H groups in total. The van der Waals surface area contributed by atoms with Gasteiger partial charge in [-0.2, -0.15) is 0 Å². The zero-order chi connectivity index (χ0) is 22.0.